The van der Waals surface area contributed by atoms with Gasteiger partial charge in [0.15, 0.2) is 0 Å². The molecule has 3 nitrogen and oxygen atoms in total. The molecule has 0 aromatic heterocycles. The second kappa shape index (κ2) is 3.66. The van der Waals surface area contributed by atoms with Crippen molar-refractivity contribution in [3.05, 3.63) is 0 Å². The zero-order valence-electron chi connectivity index (χ0n) is 8.16. The Morgan fingerprint density at radius 1 is 1.46 bits per heavy atom. The van der Waals surface area contributed by atoms with E-state index in [1.165, 1.54) is 39.3 Å². The molecule has 2 saturated heterocycles. The Balaban J connectivity index is 1.83. The van der Waals surface area contributed by atoms with Crippen molar-refractivity contribution in [3.8, 4) is 0 Å². The molecular formula is C10H17NO2. The molecule has 0 spiro atoms. The van der Waals surface area contributed by atoms with E-state index in [0.717, 1.165) is 0 Å². The van der Waals surface area contributed by atoms with Gasteiger partial charge in [-0.2, -0.15) is 0 Å². The van der Waals surface area contributed by atoms with E-state index in [-0.39, 0.29) is 5.97 Å². The topological polar surface area (TPSA) is 29.5 Å². The molecular weight excluding hydrogens is 166 g/mol. The van der Waals surface area contributed by atoms with Gasteiger partial charge in [0.2, 0.25) is 0 Å². The minimum atomic E-state index is -0.142. The number of ether oxygens (including phenoxy) is 1. The summed E-state index contributed by atoms with van der Waals surface area (Å²) in [4.78, 5) is 13.2. The van der Waals surface area contributed by atoms with E-state index in [4.69, 9.17) is 4.74 Å². The van der Waals surface area contributed by atoms with Gasteiger partial charge >= 0.3 is 5.97 Å². The van der Waals surface area contributed by atoms with E-state index in [1.54, 1.807) is 0 Å². The summed E-state index contributed by atoms with van der Waals surface area (Å²) in [5.74, 6) is 0.461. The number of carbonyl (C=O) groups is 1. The summed E-state index contributed by atoms with van der Waals surface area (Å²) >= 11 is 0. The second-order valence-corrected chi connectivity index (χ2v) is 4.10. The molecule has 2 rings (SSSR count). The molecule has 74 valence electrons. The van der Waals surface area contributed by atoms with Crippen LogP contribution in [-0.2, 0) is 9.53 Å². The van der Waals surface area contributed by atoms with Crippen LogP contribution in [0.5, 0.6) is 0 Å². The highest BCUT2D eigenvalue weighted by Gasteiger charge is 2.37. The van der Waals surface area contributed by atoms with Crippen LogP contribution in [0.3, 0.4) is 0 Å². The van der Waals surface area contributed by atoms with Crippen LogP contribution in [0, 0.1) is 5.92 Å². The maximum atomic E-state index is 10.7. The molecule has 0 aromatic rings. The van der Waals surface area contributed by atoms with Crippen molar-refractivity contribution in [2.45, 2.75) is 32.2 Å². The van der Waals surface area contributed by atoms with Crippen LogP contribution < -0.4 is 0 Å². The summed E-state index contributed by atoms with van der Waals surface area (Å²) in [7, 11) is 0. The lowest BCUT2D eigenvalue weighted by Gasteiger charge is -2.19. The fourth-order valence-electron chi connectivity index (χ4n) is 2.61. The Kier molecular flexibility index (Phi) is 2.54. The molecule has 13 heavy (non-hydrogen) atoms. The SMILES string of the molecule is CC(=O)OC[C@@H]1CCN2CCC[C@H]12. The first kappa shape index (κ1) is 9.00. The summed E-state index contributed by atoms with van der Waals surface area (Å²) < 4.78 is 5.07. The number of rotatable bonds is 2. The van der Waals surface area contributed by atoms with E-state index in [2.05, 4.69) is 4.90 Å². The fraction of sp³-hybridized carbons (Fsp3) is 0.900. The number of carbonyl (C=O) groups excluding carboxylic acids is 1. The minimum absolute atomic E-state index is 0.142. The number of esters is 1. The van der Waals surface area contributed by atoms with Crippen molar-refractivity contribution < 1.29 is 9.53 Å². The van der Waals surface area contributed by atoms with Crippen molar-refractivity contribution in [2.75, 3.05) is 19.7 Å². The highest BCUT2D eigenvalue weighted by Crippen LogP contribution is 2.32. The van der Waals surface area contributed by atoms with Gasteiger partial charge in [-0.05, 0) is 32.4 Å². The van der Waals surface area contributed by atoms with Gasteiger partial charge in [-0.3, -0.25) is 9.69 Å². The Hall–Kier alpha value is -0.570. The predicted octanol–water partition coefficient (Wildman–Crippen LogP) is 1.03. The lowest BCUT2D eigenvalue weighted by molar-refractivity contribution is -0.142. The first-order chi connectivity index (χ1) is 6.27. The predicted molar refractivity (Wildman–Crippen MR) is 49.3 cm³/mol. The van der Waals surface area contributed by atoms with Crippen molar-refractivity contribution in [2.24, 2.45) is 5.92 Å². The van der Waals surface area contributed by atoms with E-state index in [0.29, 0.717) is 18.6 Å². The summed E-state index contributed by atoms with van der Waals surface area (Å²) in [5.41, 5.74) is 0. The molecule has 0 radical (unpaired) electrons. The van der Waals surface area contributed by atoms with E-state index < -0.39 is 0 Å². The first-order valence-electron chi connectivity index (χ1n) is 5.15. The molecule has 2 aliphatic rings. The van der Waals surface area contributed by atoms with Gasteiger partial charge < -0.3 is 4.74 Å². The summed E-state index contributed by atoms with van der Waals surface area (Å²) in [6.45, 7) is 4.58. The monoisotopic (exact) mass is 183 g/mol. The van der Waals surface area contributed by atoms with Gasteiger partial charge in [0, 0.05) is 18.9 Å². The molecule has 0 amide bonds. The molecule has 2 fully saturated rings. The zero-order chi connectivity index (χ0) is 9.26. The smallest absolute Gasteiger partial charge is 0.302 e. The Morgan fingerprint density at radius 3 is 3.08 bits per heavy atom. The third kappa shape index (κ3) is 1.85. The van der Waals surface area contributed by atoms with Crippen LogP contribution in [-0.4, -0.2) is 36.6 Å². The standard InChI is InChI=1S/C10H17NO2/c1-8(12)13-7-9-4-6-11-5-2-3-10(9)11/h9-10H,2-7H2,1H3/t9-,10+/m0/s1. The fourth-order valence-corrected chi connectivity index (χ4v) is 2.61. The van der Waals surface area contributed by atoms with Gasteiger partial charge in [0.25, 0.3) is 0 Å². The normalized spacial score (nSPS) is 33.3. The van der Waals surface area contributed by atoms with Crippen LogP contribution in [0.4, 0.5) is 0 Å². The van der Waals surface area contributed by atoms with Crippen LogP contribution in [0.1, 0.15) is 26.2 Å². The van der Waals surface area contributed by atoms with Crippen LogP contribution in [0.15, 0.2) is 0 Å². The van der Waals surface area contributed by atoms with E-state index in [1.807, 2.05) is 0 Å². The first-order valence-corrected chi connectivity index (χ1v) is 5.15. The highest BCUT2D eigenvalue weighted by atomic mass is 16.5. The Morgan fingerprint density at radius 2 is 2.31 bits per heavy atom. The molecule has 2 atom stereocenters. The van der Waals surface area contributed by atoms with Gasteiger partial charge in [-0.25, -0.2) is 0 Å². The molecule has 3 heteroatoms. The molecule has 0 N–H and O–H groups in total. The van der Waals surface area contributed by atoms with Crippen molar-refractivity contribution in [1.29, 1.82) is 0 Å². The molecule has 0 aromatic carbocycles. The van der Waals surface area contributed by atoms with Crippen LogP contribution in [0.25, 0.3) is 0 Å². The molecule has 2 heterocycles. The summed E-state index contributed by atoms with van der Waals surface area (Å²) in [5, 5.41) is 0. The van der Waals surface area contributed by atoms with Gasteiger partial charge in [0.1, 0.15) is 0 Å². The third-order valence-electron chi connectivity index (χ3n) is 3.25. The average molecular weight is 183 g/mol. The molecule has 0 saturated carbocycles. The third-order valence-corrected chi connectivity index (χ3v) is 3.25. The number of nitrogens with zero attached hydrogens (tertiary/aromatic N) is 1. The van der Waals surface area contributed by atoms with Gasteiger partial charge in [-0.15, -0.1) is 0 Å². The van der Waals surface area contributed by atoms with Gasteiger partial charge in [-0.1, -0.05) is 0 Å². The maximum absolute atomic E-state index is 10.7. The van der Waals surface area contributed by atoms with Crippen molar-refractivity contribution >= 4 is 5.97 Å². The van der Waals surface area contributed by atoms with Crippen molar-refractivity contribution in [1.82, 2.24) is 4.90 Å². The maximum Gasteiger partial charge on any atom is 0.302 e. The van der Waals surface area contributed by atoms with E-state index >= 15 is 0 Å². The average Bonchev–Trinajstić information content (AvgIpc) is 2.60. The molecule has 0 unspecified atom stereocenters. The molecule has 0 aliphatic carbocycles. The second-order valence-electron chi connectivity index (χ2n) is 4.10. The minimum Gasteiger partial charge on any atom is -0.466 e. The van der Waals surface area contributed by atoms with E-state index in [9.17, 15) is 4.79 Å². The largest absolute Gasteiger partial charge is 0.466 e. The van der Waals surface area contributed by atoms with Crippen LogP contribution in [0.2, 0.25) is 0 Å². The highest BCUT2D eigenvalue weighted by molar-refractivity contribution is 5.65. The Labute approximate surface area is 79.0 Å². The van der Waals surface area contributed by atoms with Crippen molar-refractivity contribution in [3.63, 3.8) is 0 Å². The van der Waals surface area contributed by atoms with Gasteiger partial charge in [0.05, 0.1) is 6.61 Å². The number of hydrogen-bond donors (Lipinski definition) is 0. The zero-order valence-corrected chi connectivity index (χ0v) is 8.16. The molecule has 0 bridgehead atoms. The lowest BCUT2D eigenvalue weighted by Crippen LogP contribution is -2.28. The number of fused-ring (bicyclic) bond motifs is 1. The van der Waals surface area contributed by atoms with Crippen LogP contribution >= 0.6 is 0 Å². The summed E-state index contributed by atoms with van der Waals surface area (Å²) in [6.07, 6.45) is 3.82. The molecule has 2 aliphatic heterocycles. The summed E-state index contributed by atoms with van der Waals surface area (Å²) in [6, 6.07) is 0.708. The lowest BCUT2D eigenvalue weighted by atomic mass is 9.99. The quantitative estimate of drug-likeness (QED) is 0.599. The Bertz CT molecular complexity index is 205. The number of hydrogen-bond acceptors (Lipinski definition) is 3.